The molecule has 6 heteroatoms. The van der Waals surface area contributed by atoms with Gasteiger partial charge in [-0.1, -0.05) is 12.1 Å². The number of rotatable bonds is 7. The topological polar surface area (TPSA) is 66.4 Å². The van der Waals surface area contributed by atoms with Crippen LogP contribution in [0.3, 0.4) is 0 Å². The average Bonchev–Trinajstić information content (AvgIpc) is 2.26. The predicted molar refractivity (Wildman–Crippen MR) is 68.6 cm³/mol. The Kier molecular flexibility index (Phi) is 5.71. The molecule has 1 aromatic carbocycles. The molecule has 0 bridgehead atoms. The van der Waals surface area contributed by atoms with Crippen LogP contribution in [0.2, 0.25) is 0 Å². The SMILES string of the molecule is CS(=O)(=O)CCCNCC(O)c1cccc(F)c1. The van der Waals surface area contributed by atoms with Gasteiger partial charge in [-0.2, -0.15) is 0 Å². The third kappa shape index (κ3) is 6.09. The zero-order valence-electron chi connectivity index (χ0n) is 10.3. The van der Waals surface area contributed by atoms with E-state index in [1.165, 1.54) is 24.5 Å². The minimum atomic E-state index is -2.93. The van der Waals surface area contributed by atoms with Crippen LogP contribution in [0, 0.1) is 5.82 Å². The molecule has 0 aromatic heterocycles. The van der Waals surface area contributed by atoms with Crippen molar-refractivity contribution in [1.82, 2.24) is 5.32 Å². The van der Waals surface area contributed by atoms with Crippen molar-refractivity contribution in [2.75, 3.05) is 25.1 Å². The van der Waals surface area contributed by atoms with Crippen LogP contribution in [-0.4, -0.2) is 38.6 Å². The molecule has 1 aromatic rings. The highest BCUT2D eigenvalue weighted by Gasteiger charge is 2.08. The molecule has 0 spiro atoms. The molecule has 0 heterocycles. The van der Waals surface area contributed by atoms with Crippen LogP contribution >= 0.6 is 0 Å². The summed E-state index contributed by atoms with van der Waals surface area (Å²) >= 11 is 0. The van der Waals surface area contributed by atoms with Crippen molar-refractivity contribution in [2.45, 2.75) is 12.5 Å². The van der Waals surface area contributed by atoms with Crippen LogP contribution in [0.15, 0.2) is 24.3 Å². The molecule has 4 nitrogen and oxygen atoms in total. The molecule has 0 saturated carbocycles. The molecule has 0 aliphatic rings. The van der Waals surface area contributed by atoms with Gasteiger partial charge in [0.05, 0.1) is 11.9 Å². The van der Waals surface area contributed by atoms with Crippen LogP contribution in [-0.2, 0) is 9.84 Å². The lowest BCUT2D eigenvalue weighted by atomic mass is 10.1. The number of benzene rings is 1. The first-order valence-corrected chi connectivity index (χ1v) is 7.76. The van der Waals surface area contributed by atoms with Gasteiger partial charge < -0.3 is 10.4 Å². The second-order valence-corrected chi connectivity index (χ2v) is 6.52. The van der Waals surface area contributed by atoms with Crippen molar-refractivity contribution in [2.24, 2.45) is 0 Å². The van der Waals surface area contributed by atoms with Gasteiger partial charge in [-0.15, -0.1) is 0 Å². The van der Waals surface area contributed by atoms with Crippen molar-refractivity contribution in [3.05, 3.63) is 35.6 Å². The predicted octanol–water partition coefficient (Wildman–Crippen LogP) is 0.883. The summed E-state index contributed by atoms with van der Waals surface area (Å²) in [6.45, 7) is 0.770. The smallest absolute Gasteiger partial charge is 0.147 e. The van der Waals surface area contributed by atoms with E-state index in [9.17, 15) is 17.9 Å². The highest BCUT2D eigenvalue weighted by Crippen LogP contribution is 2.12. The van der Waals surface area contributed by atoms with Gasteiger partial charge in [0.25, 0.3) is 0 Å². The van der Waals surface area contributed by atoms with Crippen molar-refractivity contribution >= 4 is 9.84 Å². The molecule has 0 radical (unpaired) electrons. The van der Waals surface area contributed by atoms with Gasteiger partial charge in [-0.25, -0.2) is 12.8 Å². The lowest BCUT2D eigenvalue weighted by Gasteiger charge is -2.12. The van der Waals surface area contributed by atoms with Crippen LogP contribution in [0.4, 0.5) is 4.39 Å². The molecule has 0 fully saturated rings. The molecule has 1 rings (SSSR count). The number of aliphatic hydroxyl groups is 1. The van der Waals surface area contributed by atoms with Gasteiger partial charge in [0.1, 0.15) is 15.7 Å². The Bertz CT molecular complexity index is 476. The zero-order valence-corrected chi connectivity index (χ0v) is 11.1. The third-order valence-electron chi connectivity index (χ3n) is 2.44. The fraction of sp³-hybridized carbons (Fsp3) is 0.500. The lowest BCUT2D eigenvalue weighted by molar-refractivity contribution is 0.174. The summed E-state index contributed by atoms with van der Waals surface area (Å²) < 4.78 is 34.6. The first-order chi connectivity index (χ1) is 8.38. The van der Waals surface area contributed by atoms with E-state index >= 15 is 0 Å². The zero-order chi connectivity index (χ0) is 13.6. The maximum atomic E-state index is 12.9. The van der Waals surface area contributed by atoms with E-state index in [4.69, 9.17) is 0 Å². The standard InChI is InChI=1S/C12H18FNO3S/c1-18(16,17)7-3-6-14-9-12(15)10-4-2-5-11(13)8-10/h2,4-5,8,12,14-15H,3,6-7,9H2,1H3. The van der Waals surface area contributed by atoms with Crippen molar-refractivity contribution in [1.29, 1.82) is 0 Å². The van der Waals surface area contributed by atoms with Gasteiger partial charge in [-0.05, 0) is 30.7 Å². The highest BCUT2D eigenvalue weighted by atomic mass is 32.2. The fourth-order valence-corrected chi connectivity index (χ4v) is 2.20. The summed E-state index contributed by atoms with van der Waals surface area (Å²) in [5.74, 6) is -0.264. The van der Waals surface area contributed by atoms with E-state index in [1.807, 2.05) is 0 Å². The second-order valence-electron chi connectivity index (χ2n) is 4.26. The van der Waals surface area contributed by atoms with Gasteiger partial charge in [0, 0.05) is 12.8 Å². The van der Waals surface area contributed by atoms with E-state index in [0.717, 1.165) is 0 Å². The Balaban J connectivity index is 2.27. The summed E-state index contributed by atoms with van der Waals surface area (Å²) in [4.78, 5) is 0. The summed E-state index contributed by atoms with van der Waals surface area (Å²) in [6.07, 6.45) is 0.891. The molecule has 0 aliphatic carbocycles. The molecule has 0 saturated heterocycles. The number of hydrogen-bond donors (Lipinski definition) is 2. The number of aliphatic hydroxyl groups excluding tert-OH is 1. The first kappa shape index (κ1) is 15.1. The summed E-state index contributed by atoms with van der Waals surface area (Å²) in [6, 6.07) is 5.78. The van der Waals surface area contributed by atoms with E-state index in [0.29, 0.717) is 18.5 Å². The first-order valence-electron chi connectivity index (χ1n) is 5.70. The van der Waals surface area contributed by atoms with Crippen molar-refractivity contribution < 1.29 is 17.9 Å². The Morgan fingerprint density at radius 2 is 2.17 bits per heavy atom. The normalized spacial score (nSPS) is 13.5. The van der Waals surface area contributed by atoms with E-state index < -0.39 is 15.9 Å². The van der Waals surface area contributed by atoms with Crippen molar-refractivity contribution in [3.8, 4) is 0 Å². The lowest BCUT2D eigenvalue weighted by Crippen LogP contribution is -2.24. The van der Waals surface area contributed by atoms with Crippen molar-refractivity contribution in [3.63, 3.8) is 0 Å². The molecular weight excluding hydrogens is 257 g/mol. The summed E-state index contributed by atoms with van der Waals surface area (Å²) in [5.41, 5.74) is 0.505. The van der Waals surface area contributed by atoms with Crippen LogP contribution < -0.4 is 5.32 Å². The number of nitrogens with one attached hydrogen (secondary N) is 1. The second kappa shape index (κ2) is 6.82. The number of hydrogen-bond acceptors (Lipinski definition) is 4. The van der Waals surface area contributed by atoms with E-state index in [-0.39, 0.29) is 18.1 Å². The molecule has 1 atom stereocenters. The fourth-order valence-electron chi connectivity index (χ4n) is 1.53. The van der Waals surface area contributed by atoms with Gasteiger partial charge in [-0.3, -0.25) is 0 Å². The van der Waals surface area contributed by atoms with Crippen LogP contribution in [0.25, 0.3) is 0 Å². The third-order valence-corrected chi connectivity index (χ3v) is 3.47. The Hall–Kier alpha value is -0.980. The Morgan fingerprint density at radius 1 is 1.44 bits per heavy atom. The quantitative estimate of drug-likeness (QED) is 0.725. The molecule has 18 heavy (non-hydrogen) atoms. The van der Waals surface area contributed by atoms with E-state index in [2.05, 4.69) is 5.32 Å². The molecular formula is C12H18FNO3S. The maximum Gasteiger partial charge on any atom is 0.147 e. The molecule has 0 amide bonds. The van der Waals surface area contributed by atoms with Gasteiger partial charge >= 0.3 is 0 Å². The van der Waals surface area contributed by atoms with Crippen LogP contribution in [0.1, 0.15) is 18.1 Å². The number of sulfone groups is 1. The summed E-state index contributed by atoms with van der Waals surface area (Å²) in [5, 5.41) is 12.7. The Morgan fingerprint density at radius 3 is 2.78 bits per heavy atom. The average molecular weight is 275 g/mol. The number of halogens is 1. The van der Waals surface area contributed by atoms with Gasteiger partial charge in [0.2, 0.25) is 0 Å². The minimum Gasteiger partial charge on any atom is -0.387 e. The Labute approximate surface area is 107 Å². The van der Waals surface area contributed by atoms with Gasteiger partial charge in [0.15, 0.2) is 0 Å². The maximum absolute atomic E-state index is 12.9. The van der Waals surface area contributed by atoms with E-state index in [1.54, 1.807) is 6.07 Å². The molecule has 0 aliphatic heterocycles. The molecule has 1 unspecified atom stereocenters. The molecule has 2 N–H and O–H groups in total. The van der Waals surface area contributed by atoms with Crippen LogP contribution in [0.5, 0.6) is 0 Å². The minimum absolute atomic E-state index is 0.121. The summed E-state index contributed by atoms with van der Waals surface area (Å²) in [7, 11) is -2.93. The monoisotopic (exact) mass is 275 g/mol. The molecule has 102 valence electrons. The highest BCUT2D eigenvalue weighted by molar-refractivity contribution is 7.90. The largest absolute Gasteiger partial charge is 0.387 e.